The number of nitrogens with zero attached hydrogens (tertiary/aromatic N) is 1. The molecular formula is C24H20F3N5O5. The molecule has 0 saturated heterocycles. The molecule has 2 heterocycles. The van der Waals surface area contributed by atoms with Crippen LogP contribution in [0.1, 0.15) is 40.7 Å². The first-order valence-electron chi connectivity index (χ1n) is 11.0. The molecule has 0 radical (unpaired) electrons. The van der Waals surface area contributed by atoms with Gasteiger partial charge >= 0.3 is 12.1 Å². The van der Waals surface area contributed by atoms with Crippen molar-refractivity contribution in [3.63, 3.8) is 0 Å². The fourth-order valence-electron chi connectivity index (χ4n) is 3.70. The molecule has 2 aromatic carbocycles. The van der Waals surface area contributed by atoms with E-state index >= 15 is 0 Å². The second-order valence-electron chi connectivity index (χ2n) is 7.97. The molecular weight excluding hydrogens is 495 g/mol. The highest BCUT2D eigenvalue weighted by atomic mass is 19.4. The van der Waals surface area contributed by atoms with Gasteiger partial charge in [0.05, 0.1) is 29.2 Å². The van der Waals surface area contributed by atoms with E-state index in [1.807, 2.05) is 0 Å². The predicted molar refractivity (Wildman–Crippen MR) is 127 cm³/mol. The number of aromatic amines is 1. The third-order valence-electron chi connectivity index (χ3n) is 5.38. The fourth-order valence-corrected chi connectivity index (χ4v) is 3.70. The summed E-state index contributed by atoms with van der Waals surface area (Å²) in [4.78, 5) is 56.4. The maximum atomic E-state index is 13.0. The number of hydrogen-bond acceptors (Lipinski definition) is 7. The van der Waals surface area contributed by atoms with Crippen molar-refractivity contribution in [2.75, 3.05) is 22.6 Å². The van der Waals surface area contributed by atoms with Gasteiger partial charge in [0.25, 0.3) is 5.56 Å². The van der Waals surface area contributed by atoms with Crippen LogP contribution < -0.4 is 21.5 Å². The summed E-state index contributed by atoms with van der Waals surface area (Å²) in [6, 6.07) is 10.1. The standard InChI is InChI=1S/C24H20F3N5O5/c1-2-37-22(36)12-6-8-14(9-7-12)28-20(34)16-11-17(33)30-19-18(16)21(35)32-23(31-19)29-15-5-3-4-13(10-15)24(25,26)27/h3-10,16H,2,11H2,1H3,(H,28,34)(H3,29,30,31,32,33,35)/t16-/m1/s1. The maximum absolute atomic E-state index is 13.0. The zero-order chi connectivity index (χ0) is 26.7. The zero-order valence-electron chi connectivity index (χ0n) is 19.2. The van der Waals surface area contributed by atoms with Crippen molar-refractivity contribution in [1.29, 1.82) is 0 Å². The molecule has 0 unspecified atom stereocenters. The molecule has 4 N–H and O–H groups in total. The molecule has 0 aliphatic carbocycles. The van der Waals surface area contributed by atoms with E-state index in [0.717, 1.165) is 12.1 Å². The van der Waals surface area contributed by atoms with Crippen LogP contribution in [0.4, 0.5) is 36.3 Å². The van der Waals surface area contributed by atoms with E-state index < -0.39 is 41.0 Å². The predicted octanol–water partition coefficient (Wildman–Crippen LogP) is 3.77. The Morgan fingerprint density at radius 3 is 2.51 bits per heavy atom. The van der Waals surface area contributed by atoms with Crippen molar-refractivity contribution in [2.24, 2.45) is 0 Å². The lowest BCUT2D eigenvalue weighted by Gasteiger charge is -2.23. The van der Waals surface area contributed by atoms with E-state index in [4.69, 9.17) is 4.74 Å². The minimum absolute atomic E-state index is 0.000573. The van der Waals surface area contributed by atoms with Crippen LogP contribution >= 0.6 is 0 Å². The molecule has 1 aliphatic heterocycles. The molecule has 0 spiro atoms. The minimum atomic E-state index is -4.57. The third kappa shape index (κ3) is 5.77. The second-order valence-corrected chi connectivity index (χ2v) is 7.97. The Bertz CT molecular complexity index is 1420. The molecule has 3 aromatic rings. The monoisotopic (exact) mass is 515 g/mol. The number of esters is 1. The number of amides is 2. The molecule has 13 heteroatoms. The minimum Gasteiger partial charge on any atom is -0.462 e. The Hall–Kier alpha value is -4.68. The van der Waals surface area contributed by atoms with E-state index in [2.05, 4.69) is 25.9 Å². The number of nitrogens with one attached hydrogen (secondary N) is 4. The normalized spacial score (nSPS) is 14.8. The number of benzene rings is 2. The summed E-state index contributed by atoms with van der Waals surface area (Å²) in [5, 5.41) is 7.59. The molecule has 37 heavy (non-hydrogen) atoms. The molecule has 0 saturated carbocycles. The first-order chi connectivity index (χ1) is 17.5. The van der Waals surface area contributed by atoms with Crippen LogP contribution in [-0.2, 0) is 20.5 Å². The summed E-state index contributed by atoms with van der Waals surface area (Å²) in [7, 11) is 0. The van der Waals surface area contributed by atoms with Gasteiger partial charge < -0.3 is 20.7 Å². The first-order valence-corrected chi connectivity index (χ1v) is 11.0. The van der Waals surface area contributed by atoms with Gasteiger partial charge in [-0.1, -0.05) is 6.07 Å². The van der Waals surface area contributed by atoms with Gasteiger partial charge in [-0.25, -0.2) is 4.79 Å². The van der Waals surface area contributed by atoms with Crippen molar-refractivity contribution >= 4 is 40.9 Å². The Kier molecular flexibility index (Phi) is 6.96. The van der Waals surface area contributed by atoms with Crippen LogP contribution in [0.15, 0.2) is 53.3 Å². The van der Waals surface area contributed by atoms with Crippen molar-refractivity contribution in [3.05, 3.63) is 75.6 Å². The Labute approximate surface area is 207 Å². The summed E-state index contributed by atoms with van der Waals surface area (Å²) >= 11 is 0. The SMILES string of the molecule is CCOC(=O)c1ccc(NC(=O)[C@@H]2CC(=O)Nc3nc(Nc4cccc(C(F)(F)F)c4)[nH]c(=O)c32)cc1. The molecule has 192 valence electrons. The smallest absolute Gasteiger partial charge is 0.416 e. The molecule has 0 fully saturated rings. The quantitative estimate of drug-likeness (QED) is 0.366. The average Bonchev–Trinajstić information content (AvgIpc) is 2.83. The number of halogens is 3. The van der Waals surface area contributed by atoms with Gasteiger partial charge in [-0.2, -0.15) is 18.2 Å². The molecule has 1 aliphatic rings. The highest BCUT2D eigenvalue weighted by molar-refractivity contribution is 6.04. The Morgan fingerprint density at radius 1 is 1.11 bits per heavy atom. The number of anilines is 4. The number of rotatable bonds is 6. The molecule has 0 bridgehead atoms. The number of carbonyl (C=O) groups is 3. The van der Waals surface area contributed by atoms with E-state index in [0.29, 0.717) is 5.69 Å². The number of aromatic nitrogens is 2. The number of ether oxygens (including phenoxy) is 1. The Balaban J connectivity index is 1.56. The number of H-pyrrole nitrogens is 1. The van der Waals surface area contributed by atoms with Crippen LogP contribution in [0.25, 0.3) is 0 Å². The summed E-state index contributed by atoms with van der Waals surface area (Å²) < 4.78 is 43.9. The van der Waals surface area contributed by atoms with Crippen LogP contribution in [0, 0.1) is 0 Å². The van der Waals surface area contributed by atoms with E-state index in [1.165, 1.54) is 36.4 Å². The maximum Gasteiger partial charge on any atom is 0.416 e. The third-order valence-corrected chi connectivity index (χ3v) is 5.38. The van der Waals surface area contributed by atoms with Crippen LogP contribution in [0.2, 0.25) is 0 Å². The molecule has 2 amide bonds. The number of fused-ring (bicyclic) bond motifs is 1. The summed E-state index contributed by atoms with van der Waals surface area (Å²) in [5.41, 5.74) is -1.16. The van der Waals surface area contributed by atoms with Crippen LogP contribution in [0.3, 0.4) is 0 Å². The van der Waals surface area contributed by atoms with Crippen LogP contribution in [0.5, 0.6) is 0 Å². The lowest BCUT2D eigenvalue weighted by atomic mass is 9.92. The van der Waals surface area contributed by atoms with Gasteiger partial charge in [-0.15, -0.1) is 0 Å². The van der Waals surface area contributed by atoms with Crippen molar-refractivity contribution in [3.8, 4) is 0 Å². The summed E-state index contributed by atoms with van der Waals surface area (Å²) in [6.45, 7) is 1.88. The van der Waals surface area contributed by atoms with Crippen LogP contribution in [-0.4, -0.2) is 34.4 Å². The number of alkyl halides is 3. The average molecular weight is 515 g/mol. The molecule has 10 nitrogen and oxygen atoms in total. The highest BCUT2D eigenvalue weighted by Gasteiger charge is 2.35. The fraction of sp³-hybridized carbons (Fsp3) is 0.208. The Morgan fingerprint density at radius 2 is 1.84 bits per heavy atom. The number of carbonyl (C=O) groups excluding carboxylic acids is 3. The topological polar surface area (TPSA) is 142 Å². The summed E-state index contributed by atoms with van der Waals surface area (Å²) in [5.74, 6) is -3.36. The lowest BCUT2D eigenvalue weighted by molar-refractivity contribution is -0.137. The highest BCUT2D eigenvalue weighted by Crippen LogP contribution is 2.32. The molecule has 1 atom stereocenters. The largest absolute Gasteiger partial charge is 0.462 e. The van der Waals surface area contributed by atoms with Gasteiger partial charge in [0.2, 0.25) is 17.8 Å². The van der Waals surface area contributed by atoms with E-state index in [9.17, 15) is 32.3 Å². The van der Waals surface area contributed by atoms with E-state index in [-0.39, 0.29) is 41.6 Å². The van der Waals surface area contributed by atoms with Gasteiger partial charge in [0.1, 0.15) is 5.82 Å². The van der Waals surface area contributed by atoms with Gasteiger partial charge in [0.15, 0.2) is 0 Å². The summed E-state index contributed by atoms with van der Waals surface area (Å²) in [6.07, 6.45) is -4.90. The van der Waals surface area contributed by atoms with Crippen molar-refractivity contribution in [1.82, 2.24) is 9.97 Å². The van der Waals surface area contributed by atoms with E-state index in [1.54, 1.807) is 6.92 Å². The van der Waals surface area contributed by atoms with Gasteiger partial charge in [0, 0.05) is 17.8 Å². The van der Waals surface area contributed by atoms with Gasteiger partial charge in [-0.3, -0.25) is 19.4 Å². The molecule has 1 aromatic heterocycles. The second kappa shape index (κ2) is 10.1. The number of hydrogen-bond donors (Lipinski definition) is 4. The van der Waals surface area contributed by atoms with Crippen molar-refractivity contribution in [2.45, 2.75) is 25.4 Å². The zero-order valence-corrected chi connectivity index (χ0v) is 19.2. The van der Waals surface area contributed by atoms with Crippen molar-refractivity contribution < 1.29 is 32.3 Å². The lowest BCUT2D eigenvalue weighted by Crippen LogP contribution is -2.36. The van der Waals surface area contributed by atoms with Gasteiger partial charge in [-0.05, 0) is 49.4 Å². The first kappa shape index (κ1) is 25.4. The molecule has 4 rings (SSSR count).